The first-order valence-corrected chi connectivity index (χ1v) is 9.17. The number of anilines is 2. The molecule has 0 spiro atoms. The van der Waals surface area contributed by atoms with Gasteiger partial charge in [-0.25, -0.2) is 0 Å². The molecular formula is C21H27N3O4. The monoisotopic (exact) mass is 385 g/mol. The Morgan fingerprint density at radius 2 is 1.75 bits per heavy atom. The molecule has 2 N–H and O–H groups in total. The third-order valence-electron chi connectivity index (χ3n) is 4.29. The Balaban J connectivity index is 2.02. The molecule has 7 nitrogen and oxygen atoms in total. The lowest BCUT2D eigenvalue weighted by Gasteiger charge is -2.19. The molecule has 0 atom stereocenters. The molecule has 0 unspecified atom stereocenters. The van der Waals surface area contributed by atoms with Crippen molar-refractivity contribution in [1.82, 2.24) is 4.90 Å². The van der Waals surface area contributed by atoms with E-state index in [2.05, 4.69) is 10.6 Å². The third-order valence-corrected chi connectivity index (χ3v) is 4.29. The Bertz CT molecular complexity index is 819. The largest absolute Gasteiger partial charge is 0.497 e. The van der Waals surface area contributed by atoms with Gasteiger partial charge in [0, 0.05) is 30.4 Å². The molecular weight excluding hydrogens is 358 g/mol. The van der Waals surface area contributed by atoms with Crippen molar-refractivity contribution in [3.63, 3.8) is 0 Å². The van der Waals surface area contributed by atoms with Crippen LogP contribution in [-0.2, 0) is 4.79 Å². The summed E-state index contributed by atoms with van der Waals surface area (Å²) in [4.78, 5) is 26.5. The van der Waals surface area contributed by atoms with Crippen LogP contribution < -0.4 is 20.1 Å². The Morgan fingerprint density at radius 3 is 2.39 bits per heavy atom. The number of carbonyl (C=O) groups excluding carboxylic acids is 2. The Hall–Kier alpha value is -3.22. The molecule has 2 aromatic rings. The van der Waals surface area contributed by atoms with Crippen LogP contribution in [0.4, 0.5) is 11.4 Å². The van der Waals surface area contributed by atoms with Gasteiger partial charge in [-0.1, -0.05) is 6.07 Å². The topological polar surface area (TPSA) is 79.9 Å². The van der Waals surface area contributed by atoms with Crippen LogP contribution in [0.2, 0.25) is 0 Å². The summed E-state index contributed by atoms with van der Waals surface area (Å²) in [5.74, 6) is 0.888. The number of nitrogens with one attached hydrogen (secondary N) is 2. The zero-order valence-electron chi connectivity index (χ0n) is 16.7. The minimum absolute atomic E-state index is 0.0285. The normalized spacial score (nSPS) is 10.1. The van der Waals surface area contributed by atoms with Crippen molar-refractivity contribution < 1.29 is 19.1 Å². The first kappa shape index (κ1) is 21.1. The second-order valence-electron chi connectivity index (χ2n) is 6.03. The van der Waals surface area contributed by atoms with Gasteiger partial charge in [0.05, 0.1) is 26.5 Å². The Labute approximate surface area is 165 Å². The summed E-state index contributed by atoms with van der Waals surface area (Å²) < 4.78 is 10.4. The molecule has 0 aliphatic rings. The predicted molar refractivity (Wildman–Crippen MR) is 110 cm³/mol. The molecule has 2 rings (SSSR count). The highest BCUT2D eigenvalue weighted by Gasteiger charge is 2.13. The standard InChI is InChI=1S/C21H27N3O4/c1-5-24(6-2)21(26)15-8-7-9-16(12-15)22-14-20(25)23-18-13-17(27-3)10-11-19(18)28-4/h7-13,22H,5-6,14H2,1-4H3,(H,23,25). The van der Waals surface area contributed by atoms with Gasteiger partial charge in [-0.3, -0.25) is 9.59 Å². The van der Waals surface area contributed by atoms with Crippen LogP contribution in [0.15, 0.2) is 42.5 Å². The fourth-order valence-electron chi connectivity index (χ4n) is 2.74. The van der Waals surface area contributed by atoms with Gasteiger partial charge >= 0.3 is 0 Å². The zero-order valence-corrected chi connectivity index (χ0v) is 16.7. The lowest BCUT2D eigenvalue weighted by molar-refractivity contribution is -0.114. The van der Waals surface area contributed by atoms with Crippen molar-refractivity contribution in [1.29, 1.82) is 0 Å². The number of nitrogens with zero attached hydrogens (tertiary/aromatic N) is 1. The minimum Gasteiger partial charge on any atom is -0.497 e. The fraction of sp³-hybridized carbons (Fsp3) is 0.333. The van der Waals surface area contributed by atoms with Gasteiger partial charge in [0.15, 0.2) is 0 Å². The molecule has 2 amide bonds. The van der Waals surface area contributed by atoms with E-state index in [1.54, 1.807) is 48.4 Å². The van der Waals surface area contributed by atoms with Gasteiger partial charge in [-0.2, -0.15) is 0 Å². The molecule has 0 bridgehead atoms. The lowest BCUT2D eigenvalue weighted by Crippen LogP contribution is -2.30. The molecule has 150 valence electrons. The van der Waals surface area contributed by atoms with Crippen LogP contribution in [0.25, 0.3) is 0 Å². The van der Waals surface area contributed by atoms with Crippen LogP contribution in [0.3, 0.4) is 0 Å². The van der Waals surface area contributed by atoms with Crippen molar-refractivity contribution in [3.8, 4) is 11.5 Å². The van der Waals surface area contributed by atoms with E-state index in [1.807, 2.05) is 19.9 Å². The minimum atomic E-state index is -0.243. The van der Waals surface area contributed by atoms with Crippen LogP contribution >= 0.6 is 0 Å². The number of methoxy groups -OCH3 is 2. The average molecular weight is 385 g/mol. The molecule has 0 saturated carbocycles. The van der Waals surface area contributed by atoms with E-state index in [0.29, 0.717) is 41.5 Å². The van der Waals surface area contributed by atoms with E-state index >= 15 is 0 Å². The number of ether oxygens (including phenoxy) is 2. The summed E-state index contributed by atoms with van der Waals surface area (Å²) in [6.45, 7) is 5.24. The van der Waals surface area contributed by atoms with Crippen molar-refractivity contribution >= 4 is 23.2 Å². The second-order valence-corrected chi connectivity index (χ2v) is 6.03. The molecule has 7 heteroatoms. The molecule has 0 fully saturated rings. The van der Waals surface area contributed by atoms with Gasteiger partial charge < -0.3 is 25.0 Å². The predicted octanol–water partition coefficient (Wildman–Crippen LogP) is 3.24. The van der Waals surface area contributed by atoms with Crippen LogP contribution in [0.5, 0.6) is 11.5 Å². The summed E-state index contributed by atoms with van der Waals surface area (Å²) in [6.07, 6.45) is 0. The SMILES string of the molecule is CCN(CC)C(=O)c1cccc(NCC(=O)Nc2cc(OC)ccc2OC)c1. The first-order valence-electron chi connectivity index (χ1n) is 9.17. The van der Waals surface area contributed by atoms with E-state index in [9.17, 15) is 9.59 Å². The molecule has 28 heavy (non-hydrogen) atoms. The average Bonchev–Trinajstić information content (AvgIpc) is 2.73. The number of hydrogen-bond donors (Lipinski definition) is 2. The highest BCUT2D eigenvalue weighted by molar-refractivity contribution is 5.97. The molecule has 0 aliphatic carbocycles. The maximum atomic E-state index is 12.5. The van der Waals surface area contributed by atoms with E-state index in [1.165, 1.54) is 7.11 Å². The van der Waals surface area contributed by atoms with Gasteiger partial charge in [0.2, 0.25) is 5.91 Å². The van der Waals surface area contributed by atoms with Crippen molar-refractivity contribution in [2.75, 3.05) is 44.5 Å². The van der Waals surface area contributed by atoms with Crippen LogP contribution in [0, 0.1) is 0 Å². The third kappa shape index (κ3) is 5.39. The van der Waals surface area contributed by atoms with Crippen LogP contribution in [-0.4, -0.2) is 50.6 Å². The van der Waals surface area contributed by atoms with E-state index < -0.39 is 0 Å². The number of carbonyl (C=O) groups is 2. The van der Waals surface area contributed by atoms with Gasteiger partial charge in [-0.05, 0) is 44.2 Å². The Kier molecular flexibility index (Phi) is 7.68. The molecule has 2 aromatic carbocycles. The highest BCUT2D eigenvalue weighted by atomic mass is 16.5. The summed E-state index contributed by atoms with van der Waals surface area (Å²) in [6, 6.07) is 12.3. The zero-order chi connectivity index (χ0) is 20.5. The van der Waals surface area contributed by atoms with Crippen molar-refractivity contribution in [2.24, 2.45) is 0 Å². The molecule has 0 aromatic heterocycles. The number of rotatable bonds is 9. The maximum Gasteiger partial charge on any atom is 0.253 e. The highest BCUT2D eigenvalue weighted by Crippen LogP contribution is 2.28. The summed E-state index contributed by atoms with van der Waals surface area (Å²) in [5.41, 5.74) is 1.81. The lowest BCUT2D eigenvalue weighted by atomic mass is 10.1. The molecule has 0 heterocycles. The number of benzene rings is 2. The van der Waals surface area contributed by atoms with E-state index in [0.717, 1.165) is 0 Å². The smallest absolute Gasteiger partial charge is 0.253 e. The van der Waals surface area contributed by atoms with Crippen LogP contribution in [0.1, 0.15) is 24.2 Å². The summed E-state index contributed by atoms with van der Waals surface area (Å²) in [7, 11) is 3.09. The first-order chi connectivity index (χ1) is 13.5. The number of hydrogen-bond acceptors (Lipinski definition) is 5. The van der Waals surface area contributed by atoms with Crippen molar-refractivity contribution in [3.05, 3.63) is 48.0 Å². The fourth-order valence-corrected chi connectivity index (χ4v) is 2.74. The van der Waals surface area contributed by atoms with Gasteiger partial charge in [0.25, 0.3) is 5.91 Å². The second kappa shape index (κ2) is 10.2. The maximum absolute atomic E-state index is 12.5. The van der Waals surface area contributed by atoms with Crippen molar-refractivity contribution in [2.45, 2.75) is 13.8 Å². The van der Waals surface area contributed by atoms with E-state index in [4.69, 9.17) is 9.47 Å². The number of amides is 2. The summed E-state index contributed by atoms with van der Waals surface area (Å²) in [5, 5.41) is 5.84. The Morgan fingerprint density at radius 1 is 1.00 bits per heavy atom. The molecule has 0 radical (unpaired) electrons. The quantitative estimate of drug-likeness (QED) is 0.693. The van der Waals surface area contributed by atoms with Gasteiger partial charge in [0.1, 0.15) is 11.5 Å². The summed E-state index contributed by atoms with van der Waals surface area (Å²) >= 11 is 0. The van der Waals surface area contributed by atoms with E-state index in [-0.39, 0.29) is 18.4 Å². The van der Waals surface area contributed by atoms with Gasteiger partial charge in [-0.15, -0.1) is 0 Å². The molecule has 0 aliphatic heterocycles. The molecule has 0 saturated heterocycles.